The van der Waals surface area contributed by atoms with Crippen molar-refractivity contribution in [2.24, 2.45) is 0 Å². The highest BCUT2D eigenvalue weighted by Crippen LogP contribution is 2.28. The summed E-state index contributed by atoms with van der Waals surface area (Å²) in [6, 6.07) is 10.1. The molecule has 2 fully saturated rings. The van der Waals surface area contributed by atoms with E-state index in [1.54, 1.807) is 0 Å². The van der Waals surface area contributed by atoms with E-state index in [0.717, 1.165) is 18.7 Å². The first-order valence-corrected chi connectivity index (χ1v) is 8.23. The van der Waals surface area contributed by atoms with E-state index in [2.05, 4.69) is 20.4 Å². The van der Waals surface area contributed by atoms with Gasteiger partial charge in [-0.3, -0.25) is 9.69 Å². The Hall–Kier alpha value is -2.21. The van der Waals surface area contributed by atoms with Crippen molar-refractivity contribution in [2.45, 2.75) is 37.8 Å². The van der Waals surface area contributed by atoms with Gasteiger partial charge >= 0.3 is 0 Å². The van der Waals surface area contributed by atoms with E-state index in [9.17, 15) is 4.79 Å². The van der Waals surface area contributed by atoms with Crippen LogP contribution in [0.5, 0.6) is 0 Å². The van der Waals surface area contributed by atoms with Crippen LogP contribution in [0.25, 0.3) is 11.4 Å². The molecule has 1 aliphatic heterocycles. The topological polar surface area (TPSA) is 71.3 Å². The van der Waals surface area contributed by atoms with Gasteiger partial charge in [0, 0.05) is 24.7 Å². The highest BCUT2D eigenvalue weighted by molar-refractivity contribution is 5.82. The highest BCUT2D eigenvalue weighted by atomic mass is 16.5. The average molecular weight is 312 g/mol. The molecule has 0 spiro atoms. The van der Waals surface area contributed by atoms with Crippen molar-refractivity contribution in [2.75, 3.05) is 13.1 Å². The Labute approximate surface area is 134 Å². The molecule has 6 heteroatoms. The van der Waals surface area contributed by atoms with Crippen LogP contribution in [0.3, 0.4) is 0 Å². The van der Waals surface area contributed by atoms with Crippen LogP contribution in [0.4, 0.5) is 0 Å². The third-order valence-electron chi connectivity index (χ3n) is 4.78. The van der Waals surface area contributed by atoms with Crippen LogP contribution >= 0.6 is 0 Å². The first-order chi connectivity index (χ1) is 11.3. The van der Waals surface area contributed by atoms with E-state index >= 15 is 0 Å². The number of benzene rings is 1. The van der Waals surface area contributed by atoms with E-state index < -0.39 is 0 Å². The van der Waals surface area contributed by atoms with E-state index in [4.69, 9.17) is 4.52 Å². The number of amides is 1. The van der Waals surface area contributed by atoms with Crippen molar-refractivity contribution in [3.05, 3.63) is 36.2 Å². The summed E-state index contributed by atoms with van der Waals surface area (Å²) in [6.07, 6.45) is 4.10. The Morgan fingerprint density at radius 1 is 1.26 bits per heavy atom. The fourth-order valence-corrected chi connectivity index (χ4v) is 3.31. The molecule has 2 aromatic rings. The number of carbonyl (C=O) groups excluding carboxylic acids is 1. The molecule has 1 saturated carbocycles. The minimum Gasteiger partial charge on any atom is -0.353 e. The zero-order chi connectivity index (χ0) is 15.6. The maximum Gasteiger partial charge on any atom is 0.237 e. The van der Waals surface area contributed by atoms with E-state index in [1.165, 1.54) is 19.3 Å². The van der Waals surface area contributed by atoms with Crippen LogP contribution in [-0.4, -0.2) is 46.1 Å². The van der Waals surface area contributed by atoms with E-state index in [1.807, 2.05) is 30.3 Å². The third-order valence-corrected chi connectivity index (χ3v) is 4.78. The van der Waals surface area contributed by atoms with Gasteiger partial charge in [0.1, 0.15) is 0 Å². The predicted molar refractivity (Wildman–Crippen MR) is 84.6 cm³/mol. The Kier molecular flexibility index (Phi) is 3.83. The fourth-order valence-electron chi connectivity index (χ4n) is 3.31. The number of nitrogens with one attached hydrogen (secondary N) is 1. The second-order valence-corrected chi connectivity index (χ2v) is 6.21. The quantitative estimate of drug-likeness (QED) is 0.929. The molecule has 23 heavy (non-hydrogen) atoms. The molecular formula is C17H20N4O2. The third kappa shape index (κ3) is 2.86. The zero-order valence-corrected chi connectivity index (χ0v) is 12.9. The number of hydrogen-bond donors (Lipinski definition) is 1. The molecule has 1 saturated heterocycles. The molecule has 1 aliphatic carbocycles. The molecule has 1 amide bonds. The van der Waals surface area contributed by atoms with Crippen LogP contribution in [0.2, 0.25) is 0 Å². The highest BCUT2D eigenvalue weighted by Gasteiger charge is 2.37. The lowest BCUT2D eigenvalue weighted by Gasteiger charge is -2.44. The summed E-state index contributed by atoms with van der Waals surface area (Å²) in [4.78, 5) is 19.1. The molecule has 0 radical (unpaired) electrons. The largest absolute Gasteiger partial charge is 0.353 e. The van der Waals surface area contributed by atoms with Gasteiger partial charge < -0.3 is 9.84 Å². The number of rotatable bonds is 4. The van der Waals surface area contributed by atoms with Gasteiger partial charge in [-0.25, -0.2) is 0 Å². The molecule has 4 rings (SSSR count). The normalized spacial score (nSPS) is 22.6. The van der Waals surface area contributed by atoms with Crippen molar-refractivity contribution >= 4 is 5.91 Å². The molecule has 1 aromatic heterocycles. The van der Waals surface area contributed by atoms with Gasteiger partial charge in [-0.15, -0.1) is 0 Å². The van der Waals surface area contributed by atoms with Gasteiger partial charge in [-0.05, 0) is 12.8 Å². The van der Waals surface area contributed by atoms with Crippen molar-refractivity contribution < 1.29 is 9.32 Å². The molecule has 1 N–H and O–H groups in total. The van der Waals surface area contributed by atoms with Crippen molar-refractivity contribution in [3.63, 3.8) is 0 Å². The van der Waals surface area contributed by atoms with E-state index in [-0.39, 0.29) is 11.9 Å². The Morgan fingerprint density at radius 2 is 2.09 bits per heavy atom. The first-order valence-electron chi connectivity index (χ1n) is 8.23. The Balaban J connectivity index is 1.52. The lowest BCUT2D eigenvalue weighted by molar-refractivity contribution is -0.131. The summed E-state index contributed by atoms with van der Waals surface area (Å²) in [6.45, 7) is 1.63. The van der Waals surface area contributed by atoms with Gasteiger partial charge in [0.2, 0.25) is 17.6 Å². The molecule has 1 aromatic carbocycles. The molecule has 1 unspecified atom stereocenters. The van der Waals surface area contributed by atoms with Gasteiger partial charge in [0.05, 0.1) is 12.5 Å². The average Bonchev–Trinajstić information content (AvgIpc) is 2.98. The first kappa shape index (κ1) is 14.4. The molecule has 2 heterocycles. The maximum atomic E-state index is 12.3. The molecule has 2 aliphatic rings. The maximum absolute atomic E-state index is 12.3. The van der Waals surface area contributed by atoms with Gasteiger partial charge in [0.15, 0.2) is 0 Å². The van der Waals surface area contributed by atoms with Gasteiger partial charge in [0.25, 0.3) is 0 Å². The van der Waals surface area contributed by atoms with E-state index in [0.29, 0.717) is 24.2 Å². The Morgan fingerprint density at radius 3 is 2.83 bits per heavy atom. The van der Waals surface area contributed by atoms with Crippen LogP contribution in [0.1, 0.15) is 25.2 Å². The second kappa shape index (κ2) is 6.12. The lowest BCUT2D eigenvalue weighted by Crippen LogP contribution is -2.60. The lowest BCUT2D eigenvalue weighted by atomic mass is 9.89. The number of piperazine rings is 1. The minimum atomic E-state index is -0.196. The van der Waals surface area contributed by atoms with Gasteiger partial charge in [-0.1, -0.05) is 41.9 Å². The van der Waals surface area contributed by atoms with Crippen molar-refractivity contribution in [3.8, 4) is 11.4 Å². The van der Waals surface area contributed by atoms with Gasteiger partial charge in [-0.2, -0.15) is 4.98 Å². The number of aromatic nitrogens is 2. The molecule has 6 nitrogen and oxygen atoms in total. The smallest absolute Gasteiger partial charge is 0.237 e. The standard InChI is InChI=1S/C17H20N4O2/c22-17-14(21(10-9-18-17)13-7-4-8-13)11-15-19-16(20-23-15)12-5-2-1-3-6-12/h1-3,5-6,13-14H,4,7-11H2,(H,18,22). The van der Waals surface area contributed by atoms with Crippen LogP contribution in [0.15, 0.2) is 34.9 Å². The van der Waals surface area contributed by atoms with Crippen molar-refractivity contribution in [1.29, 1.82) is 0 Å². The number of nitrogens with zero attached hydrogens (tertiary/aromatic N) is 3. The summed E-state index contributed by atoms with van der Waals surface area (Å²) in [5.41, 5.74) is 0.923. The van der Waals surface area contributed by atoms with Crippen LogP contribution in [-0.2, 0) is 11.2 Å². The number of carbonyl (C=O) groups is 1. The predicted octanol–water partition coefficient (Wildman–Crippen LogP) is 1.63. The minimum absolute atomic E-state index is 0.0719. The second-order valence-electron chi connectivity index (χ2n) is 6.21. The molecular weight excluding hydrogens is 292 g/mol. The summed E-state index contributed by atoms with van der Waals surface area (Å²) in [5, 5.41) is 7.00. The fraction of sp³-hybridized carbons (Fsp3) is 0.471. The van der Waals surface area contributed by atoms with Crippen LogP contribution in [0, 0.1) is 0 Å². The SMILES string of the molecule is O=C1NCCN(C2CCC2)C1Cc1nc(-c2ccccc2)no1. The summed E-state index contributed by atoms with van der Waals surface area (Å²) >= 11 is 0. The molecule has 1 atom stereocenters. The summed E-state index contributed by atoms with van der Waals surface area (Å²) < 4.78 is 5.38. The Bertz CT molecular complexity index is 681. The molecule has 120 valence electrons. The monoisotopic (exact) mass is 312 g/mol. The van der Waals surface area contributed by atoms with Crippen molar-refractivity contribution in [1.82, 2.24) is 20.4 Å². The summed E-state index contributed by atoms with van der Waals surface area (Å²) in [7, 11) is 0. The number of hydrogen-bond acceptors (Lipinski definition) is 5. The zero-order valence-electron chi connectivity index (χ0n) is 12.9. The summed E-state index contributed by atoms with van der Waals surface area (Å²) in [5.74, 6) is 1.17. The molecule has 0 bridgehead atoms. The van der Waals surface area contributed by atoms with Crippen LogP contribution < -0.4 is 5.32 Å².